The lowest BCUT2D eigenvalue weighted by atomic mass is 10.1. The van der Waals surface area contributed by atoms with E-state index >= 15 is 0 Å². The van der Waals surface area contributed by atoms with E-state index in [1.807, 2.05) is 25.3 Å². The highest BCUT2D eigenvalue weighted by Crippen LogP contribution is 2.16. The summed E-state index contributed by atoms with van der Waals surface area (Å²) in [5, 5.41) is 1.16. The molecule has 106 valence electrons. The standard InChI is InChI=1S/C16H14ClN3O/c1-11(7-12-3-2-6-18-9-12)20-10-19-15-8-13(17)4-5-14(15)16(20)21/h2-6,8-11H,7H2,1H3/t11-/m0/s1. The molecule has 0 saturated carbocycles. The van der Waals surface area contributed by atoms with Gasteiger partial charge in [-0.05, 0) is 43.2 Å². The molecule has 0 radical (unpaired) electrons. The number of hydrogen-bond donors (Lipinski definition) is 0. The maximum absolute atomic E-state index is 12.5. The molecule has 0 aliphatic heterocycles. The Morgan fingerprint density at radius 1 is 1.33 bits per heavy atom. The summed E-state index contributed by atoms with van der Waals surface area (Å²) in [7, 11) is 0. The number of halogens is 1. The van der Waals surface area contributed by atoms with Gasteiger partial charge in [0.05, 0.1) is 17.2 Å². The van der Waals surface area contributed by atoms with Crippen molar-refractivity contribution in [3.8, 4) is 0 Å². The van der Waals surface area contributed by atoms with Crippen molar-refractivity contribution in [1.29, 1.82) is 0 Å². The lowest BCUT2D eigenvalue weighted by Gasteiger charge is -2.15. The van der Waals surface area contributed by atoms with Gasteiger partial charge in [-0.1, -0.05) is 17.7 Å². The zero-order valence-corrected chi connectivity index (χ0v) is 12.3. The van der Waals surface area contributed by atoms with Crippen LogP contribution in [0.5, 0.6) is 0 Å². The average molecular weight is 300 g/mol. The zero-order valence-electron chi connectivity index (χ0n) is 11.5. The highest BCUT2D eigenvalue weighted by molar-refractivity contribution is 6.31. The molecule has 3 aromatic rings. The first kappa shape index (κ1) is 13.8. The minimum absolute atomic E-state index is 0.00859. The molecule has 4 nitrogen and oxygen atoms in total. The molecular weight excluding hydrogens is 286 g/mol. The van der Waals surface area contributed by atoms with Gasteiger partial charge in [-0.15, -0.1) is 0 Å². The molecule has 0 saturated heterocycles. The third-order valence-corrected chi connectivity index (χ3v) is 3.71. The van der Waals surface area contributed by atoms with E-state index in [0.29, 0.717) is 15.9 Å². The Hall–Kier alpha value is -2.20. The van der Waals surface area contributed by atoms with Crippen molar-refractivity contribution in [3.63, 3.8) is 0 Å². The Labute approximate surface area is 127 Å². The van der Waals surface area contributed by atoms with E-state index in [1.54, 1.807) is 35.3 Å². The van der Waals surface area contributed by atoms with Crippen LogP contribution in [0.3, 0.4) is 0 Å². The summed E-state index contributed by atoms with van der Waals surface area (Å²) in [5.74, 6) is 0. The third-order valence-electron chi connectivity index (χ3n) is 3.47. The van der Waals surface area contributed by atoms with Crippen molar-refractivity contribution in [2.24, 2.45) is 0 Å². The van der Waals surface area contributed by atoms with Crippen molar-refractivity contribution >= 4 is 22.5 Å². The van der Waals surface area contributed by atoms with Crippen LogP contribution in [0, 0.1) is 0 Å². The molecule has 0 spiro atoms. The summed E-state index contributed by atoms with van der Waals surface area (Å²) in [4.78, 5) is 21.0. The van der Waals surface area contributed by atoms with Crippen LogP contribution in [0.25, 0.3) is 10.9 Å². The molecule has 0 aliphatic carbocycles. The number of pyridine rings is 1. The van der Waals surface area contributed by atoms with Crippen molar-refractivity contribution in [2.45, 2.75) is 19.4 Å². The van der Waals surface area contributed by atoms with Gasteiger partial charge in [0.2, 0.25) is 0 Å². The van der Waals surface area contributed by atoms with Gasteiger partial charge in [-0.25, -0.2) is 4.98 Å². The second-order valence-corrected chi connectivity index (χ2v) is 5.47. The van der Waals surface area contributed by atoms with Gasteiger partial charge in [0.15, 0.2) is 0 Å². The highest BCUT2D eigenvalue weighted by atomic mass is 35.5. The van der Waals surface area contributed by atoms with Gasteiger partial charge in [0.1, 0.15) is 0 Å². The normalized spacial score (nSPS) is 12.5. The smallest absolute Gasteiger partial charge is 0.261 e. The fourth-order valence-electron chi connectivity index (χ4n) is 2.38. The lowest BCUT2D eigenvalue weighted by molar-refractivity contribution is 0.522. The average Bonchev–Trinajstić information content (AvgIpc) is 2.48. The number of hydrogen-bond acceptors (Lipinski definition) is 3. The van der Waals surface area contributed by atoms with E-state index < -0.39 is 0 Å². The highest BCUT2D eigenvalue weighted by Gasteiger charge is 2.11. The molecule has 0 N–H and O–H groups in total. The monoisotopic (exact) mass is 299 g/mol. The van der Waals surface area contributed by atoms with E-state index in [9.17, 15) is 4.79 Å². The van der Waals surface area contributed by atoms with Gasteiger partial charge < -0.3 is 0 Å². The van der Waals surface area contributed by atoms with Gasteiger partial charge in [0.25, 0.3) is 5.56 Å². The van der Waals surface area contributed by atoms with Crippen LogP contribution in [0.2, 0.25) is 5.02 Å². The topological polar surface area (TPSA) is 47.8 Å². The lowest BCUT2D eigenvalue weighted by Crippen LogP contribution is -2.24. The van der Waals surface area contributed by atoms with E-state index in [4.69, 9.17) is 11.6 Å². The fourth-order valence-corrected chi connectivity index (χ4v) is 2.55. The van der Waals surface area contributed by atoms with Crippen LogP contribution in [0.1, 0.15) is 18.5 Å². The van der Waals surface area contributed by atoms with Crippen LogP contribution in [-0.2, 0) is 6.42 Å². The summed E-state index contributed by atoms with van der Waals surface area (Å²) in [6.45, 7) is 2.00. The molecule has 0 unspecified atom stereocenters. The first-order valence-corrected chi connectivity index (χ1v) is 7.08. The summed E-state index contributed by atoms with van der Waals surface area (Å²) in [5.41, 5.74) is 1.67. The molecule has 0 bridgehead atoms. The largest absolute Gasteiger partial charge is 0.296 e. The van der Waals surface area contributed by atoms with E-state index in [0.717, 1.165) is 12.0 Å². The van der Waals surface area contributed by atoms with E-state index in [2.05, 4.69) is 9.97 Å². The Bertz CT molecular complexity index is 830. The van der Waals surface area contributed by atoms with Crippen molar-refractivity contribution in [1.82, 2.24) is 14.5 Å². The second-order valence-electron chi connectivity index (χ2n) is 5.03. The second kappa shape index (κ2) is 5.66. The van der Waals surface area contributed by atoms with Gasteiger partial charge in [0, 0.05) is 23.5 Å². The molecule has 0 fully saturated rings. The third kappa shape index (κ3) is 2.81. The van der Waals surface area contributed by atoms with Crippen LogP contribution in [0.4, 0.5) is 0 Å². The predicted molar refractivity (Wildman–Crippen MR) is 83.7 cm³/mol. The zero-order chi connectivity index (χ0) is 14.8. The van der Waals surface area contributed by atoms with Crippen LogP contribution in [0.15, 0.2) is 53.8 Å². The van der Waals surface area contributed by atoms with Crippen LogP contribution < -0.4 is 5.56 Å². The number of aromatic nitrogens is 3. The molecule has 21 heavy (non-hydrogen) atoms. The molecular formula is C16H14ClN3O. The van der Waals surface area contributed by atoms with Gasteiger partial charge in [-0.3, -0.25) is 14.3 Å². The summed E-state index contributed by atoms with van der Waals surface area (Å²) < 4.78 is 1.66. The maximum Gasteiger partial charge on any atom is 0.261 e. The molecule has 2 aromatic heterocycles. The Morgan fingerprint density at radius 3 is 2.95 bits per heavy atom. The summed E-state index contributed by atoms with van der Waals surface area (Å²) in [6.07, 6.45) is 5.87. The Kier molecular flexibility index (Phi) is 3.71. The van der Waals surface area contributed by atoms with Crippen molar-refractivity contribution < 1.29 is 0 Å². The molecule has 0 aliphatic rings. The van der Waals surface area contributed by atoms with Gasteiger partial charge in [-0.2, -0.15) is 0 Å². The summed E-state index contributed by atoms with van der Waals surface area (Å²) in [6, 6.07) is 9.04. The summed E-state index contributed by atoms with van der Waals surface area (Å²) >= 11 is 5.92. The van der Waals surface area contributed by atoms with Gasteiger partial charge >= 0.3 is 0 Å². The molecule has 1 atom stereocenters. The van der Waals surface area contributed by atoms with Crippen LogP contribution >= 0.6 is 11.6 Å². The molecule has 1 aromatic carbocycles. The SMILES string of the molecule is C[C@@H](Cc1cccnc1)n1cnc2cc(Cl)ccc2c1=O. The fraction of sp³-hybridized carbons (Fsp3) is 0.188. The molecule has 5 heteroatoms. The molecule has 3 rings (SSSR count). The quantitative estimate of drug-likeness (QED) is 0.746. The predicted octanol–water partition coefficient (Wildman–Crippen LogP) is 3.25. The first-order valence-electron chi connectivity index (χ1n) is 6.70. The van der Waals surface area contributed by atoms with Crippen molar-refractivity contribution in [3.05, 3.63) is 70.0 Å². The molecule has 2 heterocycles. The number of rotatable bonds is 3. The molecule has 0 amide bonds. The Morgan fingerprint density at radius 2 is 2.19 bits per heavy atom. The number of nitrogens with zero attached hydrogens (tertiary/aromatic N) is 3. The minimum atomic E-state index is -0.0481. The van der Waals surface area contributed by atoms with E-state index in [-0.39, 0.29) is 11.6 Å². The maximum atomic E-state index is 12.5. The van der Waals surface area contributed by atoms with Crippen molar-refractivity contribution in [2.75, 3.05) is 0 Å². The van der Waals surface area contributed by atoms with E-state index in [1.165, 1.54) is 0 Å². The number of fused-ring (bicyclic) bond motifs is 1. The van der Waals surface area contributed by atoms with Crippen LogP contribution in [-0.4, -0.2) is 14.5 Å². The number of benzene rings is 1. The Balaban J connectivity index is 1.99. The first-order chi connectivity index (χ1) is 10.1. The minimum Gasteiger partial charge on any atom is -0.296 e.